The van der Waals surface area contributed by atoms with Crippen LogP contribution in [0.25, 0.3) is 0 Å². The second kappa shape index (κ2) is 7.13. The van der Waals surface area contributed by atoms with E-state index in [4.69, 9.17) is 15.2 Å². The van der Waals surface area contributed by atoms with Crippen LogP contribution in [0.2, 0.25) is 0 Å². The SMILES string of the molecule is NC[C@@H]1CN(C(=O)C2CC2c2ccc3c(c2)OCCO3)C[C@H]1c1ccccc1. The van der Waals surface area contributed by atoms with Crippen molar-refractivity contribution in [3.05, 3.63) is 59.7 Å². The van der Waals surface area contributed by atoms with Crippen LogP contribution in [0.15, 0.2) is 48.5 Å². The fraction of sp³-hybridized carbons (Fsp3) is 0.435. The molecule has 2 fully saturated rings. The molecule has 2 N–H and O–H groups in total. The van der Waals surface area contributed by atoms with Gasteiger partial charge in [0.1, 0.15) is 13.2 Å². The zero-order valence-corrected chi connectivity index (χ0v) is 15.9. The van der Waals surface area contributed by atoms with E-state index in [9.17, 15) is 4.79 Å². The maximum atomic E-state index is 13.1. The molecule has 1 saturated heterocycles. The number of nitrogens with two attached hydrogens (primary N) is 1. The van der Waals surface area contributed by atoms with Crippen molar-refractivity contribution in [2.75, 3.05) is 32.8 Å². The number of nitrogens with zero attached hydrogens (tertiary/aromatic N) is 1. The van der Waals surface area contributed by atoms with Crippen LogP contribution in [0.3, 0.4) is 0 Å². The van der Waals surface area contributed by atoms with Crippen molar-refractivity contribution in [3.8, 4) is 11.5 Å². The molecule has 2 aromatic carbocycles. The van der Waals surface area contributed by atoms with E-state index < -0.39 is 0 Å². The molecule has 2 aliphatic heterocycles. The van der Waals surface area contributed by atoms with Gasteiger partial charge in [0, 0.05) is 24.9 Å². The van der Waals surface area contributed by atoms with Crippen LogP contribution < -0.4 is 15.2 Å². The number of fused-ring (bicyclic) bond motifs is 1. The minimum Gasteiger partial charge on any atom is -0.486 e. The Bertz CT molecular complexity index is 869. The Morgan fingerprint density at radius 3 is 2.54 bits per heavy atom. The Morgan fingerprint density at radius 1 is 0.964 bits per heavy atom. The molecule has 0 radical (unpaired) electrons. The summed E-state index contributed by atoms with van der Waals surface area (Å²) in [5, 5.41) is 0. The molecule has 1 aliphatic carbocycles. The fourth-order valence-electron chi connectivity index (χ4n) is 4.73. The molecule has 2 unspecified atom stereocenters. The molecule has 2 aromatic rings. The number of hydrogen-bond donors (Lipinski definition) is 1. The van der Waals surface area contributed by atoms with Gasteiger partial charge in [-0.05, 0) is 48.1 Å². The topological polar surface area (TPSA) is 64.8 Å². The van der Waals surface area contributed by atoms with E-state index in [0.717, 1.165) is 31.0 Å². The minimum atomic E-state index is 0.0792. The van der Waals surface area contributed by atoms with Gasteiger partial charge >= 0.3 is 0 Å². The summed E-state index contributed by atoms with van der Waals surface area (Å²) < 4.78 is 11.3. The van der Waals surface area contributed by atoms with Gasteiger partial charge in [0.25, 0.3) is 0 Å². The molecular formula is C23H26N2O3. The molecule has 1 amide bonds. The first-order chi connectivity index (χ1) is 13.7. The number of hydrogen-bond acceptors (Lipinski definition) is 4. The first kappa shape index (κ1) is 17.6. The highest BCUT2D eigenvalue weighted by molar-refractivity contribution is 5.83. The second-order valence-electron chi connectivity index (χ2n) is 8.11. The smallest absolute Gasteiger partial charge is 0.226 e. The third-order valence-corrected chi connectivity index (χ3v) is 6.39. The van der Waals surface area contributed by atoms with Gasteiger partial charge in [0.2, 0.25) is 5.91 Å². The lowest BCUT2D eigenvalue weighted by molar-refractivity contribution is -0.131. The Kier molecular flexibility index (Phi) is 4.47. The Balaban J connectivity index is 1.28. The van der Waals surface area contributed by atoms with Crippen LogP contribution in [-0.4, -0.2) is 43.7 Å². The molecule has 3 aliphatic rings. The lowest BCUT2D eigenvalue weighted by atomic mass is 9.89. The molecule has 5 heteroatoms. The van der Waals surface area contributed by atoms with E-state index in [1.54, 1.807) is 0 Å². The van der Waals surface area contributed by atoms with Crippen LogP contribution in [0.4, 0.5) is 0 Å². The maximum Gasteiger partial charge on any atom is 0.226 e. The highest BCUT2D eigenvalue weighted by atomic mass is 16.6. The number of rotatable bonds is 4. The number of benzene rings is 2. The van der Waals surface area contributed by atoms with Crippen LogP contribution in [0.5, 0.6) is 11.5 Å². The molecule has 2 heterocycles. The van der Waals surface area contributed by atoms with Crippen molar-refractivity contribution in [1.29, 1.82) is 0 Å². The summed E-state index contributed by atoms with van der Waals surface area (Å²) in [5.41, 5.74) is 8.50. The lowest BCUT2D eigenvalue weighted by Crippen LogP contribution is -2.31. The van der Waals surface area contributed by atoms with Gasteiger partial charge in [-0.15, -0.1) is 0 Å². The quantitative estimate of drug-likeness (QED) is 0.889. The van der Waals surface area contributed by atoms with Gasteiger partial charge in [0.15, 0.2) is 11.5 Å². The zero-order valence-electron chi connectivity index (χ0n) is 15.9. The van der Waals surface area contributed by atoms with Gasteiger partial charge in [-0.3, -0.25) is 4.79 Å². The van der Waals surface area contributed by atoms with Crippen molar-refractivity contribution in [3.63, 3.8) is 0 Å². The first-order valence-electron chi connectivity index (χ1n) is 10.2. The average molecular weight is 378 g/mol. The summed E-state index contributed by atoms with van der Waals surface area (Å²) >= 11 is 0. The molecule has 28 heavy (non-hydrogen) atoms. The largest absolute Gasteiger partial charge is 0.486 e. The van der Waals surface area contributed by atoms with Gasteiger partial charge in [-0.25, -0.2) is 0 Å². The summed E-state index contributed by atoms with van der Waals surface area (Å²) in [6.07, 6.45) is 0.915. The van der Waals surface area contributed by atoms with Crippen molar-refractivity contribution < 1.29 is 14.3 Å². The Labute approximate surface area is 165 Å². The molecule has 146 valence electrons. The third kappa shape index (κ3) is 3.14. The van der Waals surface area contributed by atoms with Crippen LogP contribution in [-0.2, 0) is 4.79 Å². The van der Waals surface area contributed by atoms with E-state index in [-0.39, 0.29) is 17.7 Å². The van der Waals surface area contributed by atoms with E-state index in [1.807, 2.05) is 23.1 Å². The Hall–Kier alpha value is -2.53. The van der Waals surface area contributed by atoms with Gasteiger partial charge in [0.05, 0.1) is 0 Å². The third-order valence-electron chi connectivity index (χ3n) is 6.39. The van der Waals surface area contributed by atoms with Crippen LogP contribution in [0, 0.1) is 11.8 Å². The highest BCUT2D eigenvalue weighted by Crippen LogP contribution is 2.51. The van der Waals surface area contributed by atoms with Crippen molar-refractivity contribution in [2.45, 2.75) is 18.3 Å². The summed E-state index contributed by atoms with van der Waals surface area (Å²) in [4.78, 5) is 15.2. The Morgan fingerprint density at radius 2 is 1.75 bits per heavy atom. The summed E-state index contributed by atoms with van der Waals surface area (Å²) in [7, 11) is 0. The average Bonchev–Trinajstić information content (AvgIpc) is 3.44. The van der Waals surface area contributed by atoms with Gasteiger partial charge < -0.3 is 20.1 Å². The number of likely N-dealkylation sites (tertiary alicyclic amines) is 1. The van der Waals surface area contributed by atoms with Crippen LogP contribution >= 0.6 is 0 Å². The highest BCUT2D eigenvalue weighted by Gasteiger charge is 2.48. The van der Waals surface area contributed by atoms with E-state index >= 15 is 0 Å². The van der Waals surface area contributed by atoms with E-state index in [2.05, 4.69) is 30.3 Å². The second-order valence-corrected chi connectivity index (χ2v) is 8.11. The molecule has 1 saturated carbocycles. The number of carbonyl (C=O) groups is 1. The normalized spacial score (nSPS) is 28.2. The molecule has 5 nitrogen and oxygen atoms in total. The monoisotopic (exact) mass is 378 g/mol. The molecule has 5 rings (SSSR count). The zero-order chi connectivity index (χ0) is 19.1. The maximum absolute atomic E-state index is 13.1. The summed E-state index contributed by atoms with van der Waals surface area (Å²) in [6.45, 7) is 3.32. The fourth-order valence-corrected chi connectivity index (χ4v) is 4.73. The van der Waals surface area contributed by atoms with E-state index in [0.29, 0.717) is 31.6 Å². The molecule has 0 spiro atoms. The first-order valence-corrected chi connectivity index (χ1v) is 10.2. The lowest BCUT2D eigenvalue weighted by Gasteiger charge is -2.19. The van der Waals surface area contributed by atoms with Crippen molar-refractivity contribution in [2.24, 2.45) is 17.6 Å². The standard InChI is InChI=1S/C23H26N2O3/c24-12-17-13-25(14-20(17)15-4-2-1-3-5-15)23(26)19-11-18(19)16-6-7-21-22(10-16)28-9-8-27-21/h1-7,10,17-20H,8-9,11-14,24H2/t17-,18?,19?,20+/m1/s1. The number of ether oxygens (including phenoxy) is 2. The number of amides is 1. The van der Waals surface area contributed by atoms with Gasteiger partial charge in [-0.2, -0.15) is 0 Å². The molecule has 0 bridgehead atoms. The predicted molar refractivity (Wildman–Crippen MR) is 107 cm³/mol. The van der Waals surface area contributed by atoms with E-state index in [1.165, 1.54) is 11.1 Å². The summed E-state index contributed by atoms with van der Waals surface area (Å²) in [6, 6.07) is 16.5. The van der Waals surface area contributed by atoms with Crippen LogP contribution in [0.1, 0.15) is 29.4 Å². The number of carbonyl (C=O) groups excluding carboxylic acids is 1. The molecular weight excluding hydrogens is 352 g/mol. The minimum absolute atomic E-state index is 0.0792. The predicted octanol–water partition coefficient (Wildman–Crippen LogP) is 2.76. The van der Waals surface area contributed by atoms with Gasteiger partial charge in [-0.1, -0.05) is 36.4 Å². The van der Waals surface area contributed by atoms with Crippen molar-refractivity contribution in [1.82, 2.24) is 4.90 Å². The summed E-state index contributed by atoms with van der Waals surface area (Å²) in [5.74, 6) is 2.91. The van der Waals surface area contributed by atoms with Crippen molar-refractivity contribution >= 4 is 5.91 Å². The molecule has 4 atom stereocenters. The molecule has 0 aromatic heterocycles.